The van der Waals surface area contributed by atoms with Gasteiger partial charge in [-0.15, -0.1) is 0 Å². The number of halogens is 2. The van der Waals surface area contributed by atoms with Crippen LogP contribution in [-0.2, 0) is 9.53 Å². The molecule has 1 heterocycles. The van der Waals surface area contributed by atoms with Crippen LogP contribution in [0.5, 0.6) is 23.0 Å². The van der Waals surface area contributed by atoms with Gasteiger partial charge >= 0.3 is 11.9 Å². The van der Waals surface area contributed by atoms with Gasteiger partial charge in [0.05, 0.1) is 31.4 Å². The molecule has 190 valence electrons. The maximum absolute atomic E-state index is 13.2. The maximum atomic E-state index is 13.2. The average Bonchev–Trinajstić information content (AvgIpc) is 3.24. The lowest BCUT2D eigenvalue weighted by atomic mass is 10.1. The summed E-state index contributed by atoms with van der Waals surface area (Å²) >= 11 is 6.88. The SMILES string of the molecule is COc1cc(C(=O)Oc2c(Br)cc(Br)cc2/C=C2/N=C(c3cccc(C)c3)OC2=O)cc(OC)c1OC. The van der Waals surface area contributed by atoms with Crippen molar-refractivity contribution in [1.29, 1.82) is 0 Å². The minimum absolute atomic E-state index is 0.0617. The quantitative estimate of drug-likeness (QED) is 0.177. The molecule has 3 aromatic rings. The first-order chi connectivity index (χ1) is 17.7. The zero-order valence-electron chi connectivity index (χ0n) is 20.3. The van der Waals surface area contributed by atoms with E-state index in [1.807, 2.05) is 31.2 Å². The van der Waals surface area contributed by atoms with Crippen LogP contribution in [0.15, 0.2) is 68.2 Å². The van der Waals surface area contributed by atoms with Gasteiger partial charge in [0, 0.05) is 15.6 Å². The lowest BCUT2D eigenvalue weighted by Gasteiger charge is -2.15. The topological polar surface area (TPSA) is 92.7 Å². The van der Waals surface area contributed by atoms with Gasteiger partial charge < -0.3 is 23.7 Å². The van der Waals surface area contributed by atoms with Gasteiger partial charge in [0.2, 0.25) is 11.6 Å². The summed E-state index contributed by atoms with van der Waals surface area (Å²) < 4.78 is 28.3. The fourth-order valence-electron chi connectivity index (χ4n) is 3.60. The summed E-state index contributed by atoms with van der Waals surface area (Å²) in [5.74, 6) is 0.0371. The van der Waals surface area contributed by atoms with E-state index in [4.69, 9.17) is 23.7 Å². The number of carbonyl (C=O) groups excluding carboxylic acids is 2. The molecule has 0 saturated carbocycles. The highest BCUT2D eigenvalue weighted by Gasteiger charge is 2.26. The van der Waals surface area contributed by atoms with E-state index in [2.05, 4.69) is 36.9 Å². The fraction of sp³-hybridized carbons (Fsp3) is 0.148. The van der Waals surface area contributed by atoms with Crippen LogP contribution in [0.4, 0.5) is 0 Å². The van der Waals surface area contributed by atoms with Gasteiger partial charge in [-0.3, -0.25) is 0 Å². The molecule has 1 aliphatic heterocycles. The van der Waals surface area contributed by atoms with Gasteiger partial charge in [-0.1, -0.05) is 33.6 Å². The van der Waals surface area contributed by atoms with Gasteiger partial charge in [0.1, 0.15) is 0 Å². The predicted octanol–water partition coefficient (Wildman–Crippen LogP) is 6.11. The third kappa shape index (κ3) is 5.70. The summed E-state index contributed by atoms with van der Waals surface area (Å²) in [4.78, 5) is 30.1. The number of esters is 2. The van der Waals surface area contributed by atoms with Crippen LogP contribution >= 0.6 is 31.9 Å². The van der Waals surface area contributed by atoms with E-state index in [9.17, 15) is 9.59 Å². The molecule has 37 heavy (non-hydrogen) atoms. The Kier molecular flexibility index (Phi) is 7.99. The molecule has 8 nitrogen and oxygen atoms in total. The second-order valence-corrected chi connectivity index (χ2v) is 9.59. The van der Waals surface area contributed by atoms with Crippen molar-refractivity contribution < 1.29 is 33.3 Å². The molecular formula is C27H21Br2NO7. The smallest absolute Gasteiger partial charge is 0.363 e. The van der Waals surface area contributed by atoms with E-state index in [-0.39, 0.29) is 22.9 Å². The molecule has 4 rings (SSSR count). The van der Waals surface area contributed by atoms with E-state index in [0.29, 0.717) is 37.3 Å². The van der Waals surface area contributed by atoms with Crippen LogP contribution in [0.25, 0.3) is 6.08 Å². The Morgan fingerprint density at radius 1 is 0.946 bits per heavy atom. The largest absolute Gasteiger partial charge is 0.493 e. The Balaban J connectivity index is 1.72. The molecule has 0 saturated heterocycles. The number of hydrogen-bond acceptors (Lipinski definition) is 8. The summed E-state index contributed by atoms with van der Waals surface area (Å²) in [7, 11) is 4.38. The maximum Gasteiger partial charge on any atom is 0.363 e. The number of ether oxygens (including phenoxy) is 5. The molecule has 0 spiro atoms. The molecule has 0 radical (unpaired) electrons. The zero-order chi connectivity index (χ0) is 26.7. The minimum Gasteiger partial charge on any atom is -0.493 e. The Morgan fingerprint density at radius 3 is 2.27 bits per heavy atom. The van der Waals surface area contributed by atoms with E-state index in [1.165, 1.54) is 39.5 Å². The number of rotatable bonds is 7. The molecule has 0 N–H and O–H groups in total. The average molecular weight is 631 g/mol. The number of cyclic esters (lactones) is 1. The van der Waals surface area contributed by atoms with E-state index < -0.39 is 11.9 Å². The highest BCUT2D eigenvalue weighted by Crippen LogP contribution is 2.40. The first-order valence-corrected chi connectivity index (χ1v) is 12.4. The van der Waals surface area contributed by atoms with Gasteiger partial charge in [0.25, 0.3) is 0 Å². The first-order valence-electron chi connectivity index (χ1n) is 10.8. The van der Waals surface area contributed by atoms with Gasteiger partial charge in [-0.05, 0) is 65.3 Å². The van der Waals surface area contributed by atoms with Crippen molar-refractivity contribution in [2.45, 2.75) is 6.92 Å². The molecule has 0 atom stereocenters. The zero-order valence-corrected chi connectivity index (χ0v) is 23.4. The van der Waals surface area contributed by atoms with Crippen molar-refractivity contribution in [2.75, 3.05) is 21.3 Å². The predicted molar refractivity (Wildman–Crippen MR) is 145 cm³/mol. The van der Waals surface area contributed by atoms with Crippen molar-refractivity contribution in [3.63, 3.8) is 0 Å². The highest BCUT2D eigenvalue weighted by atomic mass is 79.9. The normalized spacial score (nSPS) is 13.7. The van der Waals surface area contributed by atoms with Gasteiger partial charge in [0.15, 0.2) is 22.9 Å². The summed E-state index contributed by atoms with van der Waals surface area (Å²) in [5.41, 5.74) is 2.34. The van der Waals surface area contributed by atoms with Crippen molar-refractivity contribution in [3.05, 3.63) is 85.4 Å². The van der Waals surface area contributed by atoms with Crippen LogP contribution in [-0.4, -0.2) is 39.2 Å². The van der Waals surface area contributed by atoms with Crippen molar-refractivity contribution >= 4 is 55.8 Å². The molecule has 0 aromatic heterocycles. The third-order valence-electron chi connectivity index (χ3n) is 5.31. The van der Waals surface area contributed by atoms with E-state index in [0.717, 1.165) is 5.56 Å². The summed E-state index contributed by atoms with van der Waals surface area (Å²) in [6.07, 6.45) is 1.50. The van der Waals surface area contributed by atoms with Gasteiger partial charge in [-0.25, -0.2) is 14.6 Å². The summed E-state index contributed by atoms with van der Waals surface area (Å²) in [6.45, 7) is 1.94. The van der Waals surface area contributed by atoms with Crippen molar-refractivity contribution in [1.82, 2.24) is 0 Å². The van der Waals surface area contributed by atoms with E-state index in [1.54, 1.807) is 12.1 Å². The second-order valence-electron chi connectivity index (χ2n) is 7.82. The Bertz CT molecular complexity index is 1440. The lowest BCUT2D eigenvalue weighted by molar-refractivity contribution is -0.129. The number of aryl methyl sites for hydroxylation is 1. The van der Waals surface area contributed by atoms with E-state index >= 15 is 0 Å². The summed E-state index contributed by atoms with van der Waals surface area (Å²) in [5, 5.41) is 0. The summed E-state index contributed by atoms with van der Waals surface area (Å²) in [6, 6.07) is 13.9. The minimum atomic E-state index is -0.681. The Labute approximate surface area is 230 Å². The third-order valence-corrected chi connectivity index (χ3v) is 6.36. The number of carbonyl (C=O) groups is 2. The molecule has 10 heteroatoms. The molecule has 0 fully saturated rings. The second kappa shape index (κ2) is 11.2. The van der Waals surface area contributed by atoms with Crippen molar-refractivity contribution in [2.24, 2.45) is 4.99 Å². The molecule has 3 aromatic carbocycles. The standard InChI is InChI=1S/C27H21Br2NO7/c1-14-6-5-7-15(8-14)25-30-20(27(32)37-25)10-16-9-18(28)13-19(29)23(16)36-26(31)17-11-21(33-2)24(35-4)22(12-17)34-3/h5-13H,1-4H3/b20-10+. The van der Waals surface area contributed by atoms with Crippen LogP contribution in [0.1, 0.15) is 27.0 Å². The number of methoxy groups -OCH3 is 3. The molecule has 1 aliphatic rings. The number of nitrogens with zero attached hydrogens (tertiary/aromatic N) is 1. The Morgan fingerprint density at radius 2 is 1.65 bits per heavy atom. The molecule has 0 amide bonds. The number of hydrogen-bond donors (Lipinski definition) is 0. The van der Waals surface area contributed by atoms with Crippen LogP contribution in [0.2, 0.25) is 0 Å². The Hall–Kier alpha value is -3.63. The van der Waals surface area contributed by atoms with Crippen molar-refractivity contribution in [3.8, 4) is 23.0 Å². The van der Waals surface area contributed by atoms with Crippen LogP contribution in [0, 0.1) is 6.92 Å². The molecular weight excluding hydrogens is 610 g/mol. The first kappa shape index (κ1) is 26.4. The molecule has 0 aliphatic carbocycles. The van der Waals surface area contributed by atoms with Crippen LogP contribution in [0.3, 0.4) is 0 Å². The fourth-order valence-corrected chi connectivity index (χ4v) is 4.94. The lowest BCUT2D eigenvalue weighted by Crippen LogP contribution is -2.11. The molecule has 0 unspecified atom stereocenters. The number of benzene rings is 3. The van der Waals surface area contributed by atoms with Gasteiger partial charge in [-0.2, -0.15) is 0 Å². The monoisotopic (exact) mass is 629 g/mol. The highest BCUT2D eigenvalue weighted by molar-refractivity contribution is 9.11. The van der Waals surface area contributed by atoms with Crippen LogP contribution < -0.4 is 18.9 Å². The number of aliphatic imine (C=N–C) groups is 1. The molecule has 0 bridgehead atoms.